The summed E-state index contributed by atoms with van der Waals surface area (Å²) in [5, 5.41) is 2.96. The Hall–Kier alpha value is -2.50. The SMILES string of the molecule is O=C(N[C@H]1CCCc2nc(N3CCCCC3)ncc21)c1ccccc1F. The van der Waals surface area contributed by atoms with E-state index in [1.165, 1.54) is 31.4 Å². The number of hydrogen-bond donors (Lipinski definition) is 1. The number of nitrogens with one attached hydrogen (secondary N) is 1. The minimum absolute atomic E-state index is 0.0745. The van der Waals surface area contributed by atoms with E-state index in [2.05, 4.69) is 15.2 Å². The van der Waals surface area contributed by atoms with Crippen LogP contribution in [0, 0.1) is 5.82 Å². The second kappa shape index (κ2) is 7.40. The van der Waals surface area contributed by atoms with Crippen molar-refractivity contribution in [2.75, 3.05) is 18.0 Å². The van der Waals surface area contributed by atoms with Gasteiger partial charge in [0.2, 0.25) is 5.95 Å². The highest BCUT2D eigenvalue weighted by atomic mass is 19.1. The Kier molecular flexibility index (Phi) is 4.82. The van der Waals surface area contributed by atoms with Crippen molar-refractivity contribution in [3.8, 4) is 0 Å². The number of aryl methyl sites for hydroxylation is 1. The number of halogens is 1. The maximum Gasteiger partial charge on any atom is 0.254 e. The molecule has 1 aromatic carbocycles. The Morgan fingerprint density at radius 1 is 1.15 bits per heavy atom. The average molecular weight is 354 g/mol. The molecule has 136 valence electrons. The zero-order valence-corrected chi connectivity index (χ0v) is 14.7. The van der Waals surface area contributed by atoms with Crippen LogP contribution in [0.3, 0.4) is 0 Å². The molecule has 1 aromatic heterocycles. The molecule has 0 spiro atoms. The van der Waals surface area contributed by atoms with E-state index in [4.69, 9.17) is 4.98 Å². The van der Waals surface area contributed by atoms with E-state index in [1.54, 1.807) is 12.1 Å². The van der Waals surface area contributed by atoms with Gasteiger partial charge < -0.3 is 10.2 Å². The fourth-order valence-corrected chi connectivity index (χ4v) is 3.81. The molecule has 0 unspecified atom stereocenters. The second-order valence-corrected chi connectivity index (χ2v) is 7.02. The summed E-state index contributed by atoms with van der Waals surface area (Å²) in [6.07, 6.45) is 8.14. The summed E-state index contributed by atoms with van der Waals surface area (Å²) in [5.74, 6) is -0.0942. The highest BCUT2D eigenvalue weighted by molar-refractivity contribution is 5.94. The number of anilines is 1. The lowest BCUT2D eigenvalue weighted by Crippen LogP contribution is -2.34. The molecular formula is C20H23FN4O. The number of carbonyl (C=O) groups excluding carboxylic acids is 1. The molecule has 26 heavy (non-hydrogen) atoms. The first-order chi connectivity index (χ1) is 12.7. The molecule has 2 aromatic rings. The fraction of sp³-hybridized carbons (Fsp3) is 0.450. The van der Waals surface area contributed by atoms with Gasteiger partial charge in [0.05, 0.1) is 17.3 Å². The van der Waals surface area contributed by atoms with E-state index >= 15 is 0 Å². The quantitative estimate of drug-likeness (QED) is 0.918. The molecule has 1 fully saturated rings. The maximum absolute atomic E-state index is 13.9. The molecule has 1 N–H and O–H groups in total. The van der Waals surface area contributed by atoms with Crippen LogP contribution in [-0.2, 0) is 6.42 Å². The largest absolute Gasteiger partial charge is 0.345 e. The van der Waals surface area contributed by atoms with Crippen molar-refractivity contribution in [2.45, 2.75) is 44.6 Å². The van der Waals surface area contributed by atoms with Crippen LogP contribution in [0.25, 0.3) is 0 Å². The molecule has 4 rings (SSSR count). The van der Waals surface area contributed by atoms with Gasteiger partial charge in [0.25, 0.3) is 5.91 Å². The summed E-state index contributed by atoms with van der Waals surface area (Å²) in [6, 6.07) is 5.89. The van der Waals surface area contributed by atoms with E-state index < -0.39 is 5.82 Å². The Bertz CT molecular complexity index is 804. The van der Waals surface area contributed by atoms with Crippen LogP contribution in [0.1, 0.15) is 59.8 Å². The Labute approximate surface area is 152 Å². The summed E-state index contributed by atoms with van der Waals surface area (Å²) in [7, 11) is 0. The van der Waals surface area contributed by atoms with Crippen molar-refractivity contribution in [3.63, 3.8) is 0 Å². The summed E-state index contributed by atoms with van der Waals surface area (Å²) < 4.78 is 13.9. The molecular weight excluding hydrogens is 331 g/mol. The Morgan fingerprint density at radius 2 is 1.96 bits per heavy atom. The van der Waals surface area contributed by atoms with Crippen molar-refractivity contribution in [1.82, 2.24) is 15.3 Å². The van der Waals surface area contributed by atoms with Crippen LogP contribution in [0.5, 0.6) is 0 Å². The van der Waals surface area contributed by atoms with Gasteiger partial charge in [0.1, 0.15) is 5.82 Å². The van der Waals surface area contributed by atoms with E-state index in [0.717, 1.165) is 49.6 Å². The lowest BCUT2D eigenvalue weighted by molar-refractivity contribution is 0.0928. The number of carbonyl (C=O) groups is 1. The molecule has 0 saturated carbocycles. The van der Waals surface area contributed by atoms with E-state index in [1.807, 2.05) is 6.20 Å². The van der Waals surface area contributed by atoms with Crippen LogP contribution in [0.2, 0.25) is 0 Å². The summed E-state index contributed by atoms with van der Waals surface area (Å²) >= 11 is 0. The van der Waals surface area contributed by atoms with Gasteiger partial charge in [-0.05, 0) is 50.7 Å². The summed E-state index contributed by atoms with van der Waals surface area (Å²) in [5.41, 5.74) is 2.04. The number of amides is 1. The second-order valence-electron chi connectivity index (χ2n) is 7.02. The number of nitrogens with zero attached hydrogens (tertiary/aromatic N) is 3. The van der Waals surface area contributed by atoms with Crippen molar-refractivity contribution in [1.29, 1.82) is 0 Å². The lowest BCUT2D eigenvalue weighted by atomic mass is 9.92. The first kappa shape index (κ1) is 16.9. The van der Waals surface area contributed by atoms with Crippen molar-refractivity contribution in [3.05, 3.63) is 53.1 Å². The third-order valence-electron chi connectivity index (χ3n) is 5.23. The van der Waals surface area contributed by atoms with E-state index in [-0.39, 0.29) is 17.5 Å². The number of fused-ring (bicyclic) bond motifs is 1. The molecule has 1 amide bonds. The average Bonchev–Trinajstić information content (AvgIpc) is 2.69. The highest BCUT2D eigenvalue weighted by Gasteiger charge is 2.26. The predicted octanol–water partition coefficient (Wildman–Crippen LogP) is 3.41. The van der Waals surface area contributed by atoms with Gasteiger partial charge in [-0.1, -0.05) is 12.1 Å². The van der Waals surface area contributed by atoms with Gasteiger partial charge >= 0.3 is 0 Å². The number of rotatable bonds is 3. The maximum atomic E-state index is 13.9. The predicted molar refractivity (Wildman–Crippen MR) is 97.6 cm³/mol. The van der Waals surface area contributed by atoms with Gasteiger partial charge in [0.15, 0.2) is 0 Å². The highest BCUT2D eigenvalue weighted by Crippen LogP contribution is 2.30. The van der Waals surface area contributed by atoms with Gasteiger partial charge in [-0.2, -0.15) is 0 Å². The molecule has 2 heterocycles. The molecule has 2 aliphatic rings. The minimum Gasteiger partial charge on any atom is -0.345 e. The Balaban J connectivity index is 1.53. The molecule has 1 saturated heterocycles. The van der Waals surface area contributed by atoms with Gasteiger partial charge in [0, 0.05) is 24.8 Å². The zero-order valence-electron chi connectivity index (χ0n) is 14.7. The smallest absolute Gasteiger partial charge is 0.254 e. The van der Waals surface area contributed by atoms with Gasteiger partial charge in [-0.25, -0.2) is 14.4 Å². The number of piperidine rings is 1. The Morgan fingerprint density at radius 3 is 2.77 bits per heavy atom. The van der Waals surface area contributed by atoms with E-state index in [9.17, 15) is 9.18 Å². The van der Waals surface area contributed by atoms with Crippen molar-refractivity contribution in [2.24, 2.45) is 0 Å². The zero-order chi connectivity index (χ0) is 17.9. The molecule has 1 atom stereocenters. The molecule has 0 bridgehead atoms. The normalized spacial score (nSPS) is 19.7. The van der Waals surface area contributed by atoms with Crippen LogP contribution in [0.4, 0.5) is 10.3 Å². The standard InChI is InChI=1S/C20H23FN4O/c21-16-8-3-2-7-14(16)19(26)23-17-9-6-10-18-15(17)13-22-20(24-18)25-11-4-1-5-12-25/h2-3,7-8,13,17H,1,4-6,9-12H2,(H,23,26)/t17-/m0/s1. The topological polar surface area (TPSA) is 58.1 Å². The first-order valence-electron chi connectivity index (χ1n) is 9.38. The van der Waals surface area contributed by atoms with Gasteiger partial charge in [-0.3, -0.25) is 4.79 Å². The summed E-state index contributed by atoms with van der Waals surface area (Å²) in [6.45, 7) is 2.01. The monoisotopic (exact) mass is 354 g/mol. The number of benzene rings is 1. The van der Waals surface area contributed by atoms with Crippen LogP contribution < -0.4 is 10.2 Å². The van der Waals surface area contributed by atoms with Crippen LogP contribution in [0.15, 0.2) is 30.5 Å². The molecule has 6 heteroatoms. The minimum atomic E-state index is -0.502. The van der Waals surface area contributed by atoms with E-state index in [0.29, 0.717) is 0 Å². The first-order valence-corrected chi connectivity index (χ1v) is 9.38. The molecule has 5 nitrogen and oxygen atoms in total. The molecule has 1 aliphatic heterocycles. The van der Waals surface area contributed by atoms with Gasteiger partial charge in [-0.15, -0.1) is 0 Å². The van der Waals surface area contributed by atoms with Crippen molar-refractivity contribution >= 4 is 11.9 Å². The number of aromatic nitrogens is 2. The van der Waals surface area contributed by atoms with Crippen LogP contribution >= 0.6 is 0 Å². The number of hydrogen-bond acceptors (Lipinski definition) is 4. The fourth-order valence-electron chi connectivity index (χ4n) is 3.81. The van der Waals surface area contributed by atoms with Crippen LogP contribution in [-0.4, -0.2) is 29.0 Å². The molecule has 0 radical (unpaired) electrons. The molecule has 1 aliphatic carbocycles. The third kappa shape index (κ3) is 3.41. The lowest BCUT2D eigenvalue weighted by Gasteiger charge is -2.29. The third-order valence-corrected chi connectivity index (χ3v) is 5.23. The van der Waals surface area contributed by atoms with Crippen molar-refractivity contribution < 1.29 is 9.18 Å². The summed E-state index contributed by atoms with van der Waals surface area (Å²) in [4.78, 5) is 24.0.